The van der Waals surface area contributed by atoms with Crippen LogP contribution >= 0.6 is 0 Å². The van der Waals surface area contributed by atoms with Gasteiger partial charge in [0.1, 0.15) is 5.82 Å². The molecule has 5 aromatic rings. The second kappa shape index (κ2) is 14.0. The molecule has 0 radical (unpaired) electrons. The Kier molecular flexibility index (Phi) is 9.03. The van der Waals surface area contributed by atoms with Crippen LogP contribution in [0.2, 0.25) is 0 Å². The number of amides is 1. The van der Waals surface area contributed by atoms with E-state index >= 15 is 0 Å². The molecule has 3 heterocycles. The molecule has 1 N–H and O–H groups in total. The number of ether oxygens (including phenoxy) is 7. The lowest BCUT2D eigenvalue weighted by molar-refractivity contribution is -0.141. The normalized spacial score (nSPS) is 19.3. The van der Waals surface area contributed by atoms with Crippen LogP contribution in [0.4, 0.5) is 4.39 Å². The fraction of sp³-hybridized carbons (Fsp3) is 0.268. The van der Waals surface area contributed by atoms with Gasteiger partial charge < -0.3 is 43.0 Å². The summed E-state index contributed by atoms with van der Waals surface area (Å²) in [6, 6.07) is 17.1. The molecule has 1 saturated heterocycles. The van der Waals surface area contributed by atoms with E-state index in [1.54, 1.807) is 59.2 Å². The Morgan fingerprint density at radius 3 is 2.24 bits per heavy atom. The number of carbonyl (C=O) groups excluding carboxylic acids is 4. The first kappa shape index (κ1) is 35.5. The third-order valence-electron chi connectivity index (χ3n) is 10.6. The van der Waals surface area contributed by atoms with Crippen molar-refractivity contribution < 1.29 is 56.7 Å². The highest BCUT2D eigenvalue weighted by atomic mass is 19.1. The SMILES string of the molecule is COC(=O)c1cccc2c1c(C(=O)C(=O)N[C@@H]1c3cc4c(cc3[C@@H](c3cc(OC)c(OC)c(OC)c3)[C@H]3C(=O)OC[C@@H]31)OCO4)cn2Cc1ccccc1F. The smallest absolute Gasteiger partial charge is 0.338 e. The minimum Gasteiger partial charge on any atom is -0.493 e. The average Bonchev–Trinajstić information content (AvgIpc) is 3.93. The number of hydrogen-bond acceptors (Lipinski definition) is 11. The molecule has 1 amide bonds. The second-order valence-electron chi connectivity index (χ2n) is 13.3. The summed E-state index contributed by atoms with van der Waals surface area (Å²) in [4.78, 5) is 55.2. The topological polar surface area (TPSA) is 150 Å². The molecule has 4 aromatic carbocycles. The molecule has 55 heavy (non-hydrogen) atoms. The highest BCUT2D eigenvalue weighted by Gasteiger charge is 2.53. The summed E-state index contributed by atoms with van der Waals surface area (Å²) in [7, 11) is 5.69. The highest BCUT2D eigenvalue weighted by Crippen LogP contribution is 2.55. The van der Waals surface area contributed by atoms with Gasteiger partial charge in [-0.2, -0.15) is 0 Å². The summed E-state index contributed by atoms with van der Waals surface area (Å²) >= 11 is 0. The van der Waals surface area contributed by atoms with Gasteiger partial charge in [-0.1, -0.05) is 24.3 Å². The van der Waals surface area contributed by atoms with E-state index in [9.17, 15) is 23.6 Å². The van der Waals surface area contributed by atoms with Gasteiger partial charge in [-0.05, 0) is 59.2 Å². The number of hydrogen-bond donors (Lipinski definition) is 1. The van der Waals surface area contributed by atoms with E-state index in [1.165, 1.54) is 46.8 Å². The number of nitrogens with one attached hydrogen (secondary N) is 1. The summed E-state index contributed by atoms with van der Waals surface area (Å²) in [6.45, 7) is -0.0692. The predicted octanol–water partition coefficient (Wildman–Crippen LogP) is 5.34. The predicted molar refractivity (Wildman–Crippen MR) is 192 cm³/mol. The Morgan fingerprint density at radius 1 is 0.855 bits per heavy atom. The Morgan fingerprint density at radius 2 is 1.56 bits per heavy atom. The van der Waals surface area contributed by atoms with Gasteiger partial charge in [0.2, 0.25) is 12.5 Å². The number of carbonyl (C=O) groups is 4. The summed E-state index contributed by atoms with van der Waals surface area (Å²) in [5.74, 6) is -3.69. The lowest BCUT2D eigenvalue weighted by Gasteiger charge is -2.39. The maximum Gasteiger partial charge on any atom is 0.338 e. The number of methoxy groups -OCH3 is 4. The Labute approximate surface area is 313 Å². The third kappa shape index (κ3) is 5.84. The van der Waals surface area contributed by atoms with Gasteiger partial charge in [-0.25, -0.2) is 9.18 Å². The van der Waals surface area contributed by atoms with E-state index < -0.39 is 53.2 Å². The zero-order valence-corrected chi connectivity index (χ0v) is 30.2. The van der Waals surface area contributed by atoms with Crippen LogP contribution in [-0.2, 0) is 25.6 Å². The van der Waals surface area contributed by atoms with Crippen molar-refractivity contribution in [2.45, 2.75) is 18.5 Å². The molecule has 1 aromatic heterocycles. The molecule has 13 nitrogen and oxygen atoms in total. The number of cyclic esters (lactones) is 1. The largest absolute Gasteiger partial charge is 0.493 e. The molecule has 0 unspecified atom stereocenters. The number of aromatic nitrogens is 1. The van der Waals surface area contributed by atoms with Crippen LogP contribution in [-0.4, -0.2) is 70.0 Å². The maximum absolute atomic E-state index is 14.8. The Balaban J connectivity index is 1.22. The molecular weight excluding hydrogens is 715 g/mol. The number of halogens is 1. The van der Waals surface area contributed by atoms with Crippen molar-refractivity contribution in [2.75, 3.05) is 41.8 Å². The lowest BCUT2D eigenvalue weighted by Crippen LogP contribution is -2.44. The number of esters is 2. The van der Waals surface area contributed by atoms with Crippen LogP contribution in [0.15, 0.2) is 72.9 Å². The van der Waals surface area contributed by atoms with Crippen LogP contribution in [0.1, 0.15) is 54.9 Å². The molecule has 14 heteroatoms. The van der Waals surface area contributed by atoms with Crippen LogP contribution in [0.25, 0.3) is 10.9 Å². The van der Waals surface area contributed by atoms with Crippen molar-refractivity contribution in [3.8, 4) is 28.7 Å². The summed E-state index contributed by atoms with van der Waals surface area (Å²) in [5, 5.41) is 3.09. The van der Waals surface area contributed by atoms with Gasteiger partial charge in [0.15, 0.2) is 23.0 Å². The van der Waals surface area contributed by atoms with Gasteiger partial charge in [-0.3, -0.25) is 14.4 Å². The summed E-state index contributed by atoms with van der Waals surface area (Å²) in [6.07, 6.45) is 1.43. The molecular formula is C41H35FN2O11. The molecule has 1 fully saturated rings. The van der Waals surface area contributed by atoms with Gasteiger partial charge in [0, 0.05) is 34.5 Å². The lowest BCUT2D eigenvalue weighted by atomic mass is 9.65. The first-order valence-corrected chi connectivity index (χ1v) is 17.4. The van der Waals surface area contributed by atoms with Crippen molar-refractivity contribution in [1.29, 1.82) is 0 Å². The molecule has 0 bridgehead atoms. The molecule has 2 aliphatic heterocycles. The van der Waals surface area contributed by atoms with Gasteiger partial charge in [0.05, 0.1) is 64.7 Å². The molecule has 4 atom stereocenters. The number of benzene rings is 4. The number of ketones is 1. The molecule has 3 aliphatic rings. The van der Waals surface area contributed by atoms with Crippen molar-refractivity contribution in [3.05, 3.63) is 112 Å². The number of nitrogens with zero attached hydrogens (tertiary/aromatic N) is 1. The highest BCUT2D eigenvalue weighted by molar-refractivity contribution is 6.45. The van der Waals surface area contributed by atoms with Crippen LogP contribution in [0, 0.1) is 17.7 Å². The van der Waals surface area contributed by atoms with Gasteiger partial charge in [0.25, 0.3) is 11.7 Å². The number of fused-ring (bicyclic) bond motifs is 4. The molecule has 8 rings (SSSR count). The van der Waals surface area contributed by atoms with Crippen molar-refractivity contribution >= 4 is 34.5 Å². The first-order valence-electron chi connectivity index (χ1n) is 17.4. The number of rotatable bonds is 10. The Hall–Kier alpha value is -6.57. The van der Waals surface area contributed by atoms with E-state index in [4.69, 9.17) is 33.2 Å². The van der Waals surface area contributed by atoms with Crippen molar-refractivity contribution in [2.24, 2.45) is 11.8 Å². The molecule has 1 aliphatic carbocycles. The van der Waals surface area contributed by atoms with E-state index in [2.05, 4.69) is 5.32 Å². The number of Topliss-reactive ketones (excluding diaryl/α,β-unsaturated/α-hetero) is 1. The molecule has 0 spiro atoms. The first-order chi connectivity index (χ1) is 26.7. The Bertz CT molecular complexity index is 2380. The van der Waals surface area contributed by atoms with Gasteiger partial charge >= 0.3 is 11.9 Å². The third-order valence-corrected chi connectivity index (χ3v) is 10.6. The van der Waals surface area contributed by atoms with E-state index in [-0.39, 0.29) is 36.5 Å². The zero-order valence-electron chi connectivity index (χ0n) is 30.2. The maximum atomic E-state index is 14.8. The van der Waals surface area contributed by atoms with E-state index in [1.807, 2.05) is 0 Å². The van der Waals surface area contributed by atoms with Crippen LogP contribution < -0.4 is 29.0 Å². The monoisotopic (exact) mass is 750 g/mol. The second-order valence-corrected chi connectivity index (χ2v) is 13.3. The quantitative estimate of drug-likeness (QED) is 0.112. The van der Waals surface area contributed by atoms with E-state index in [0.717, 1.165) is 0 Å². The van der Waals surface area contributed by atoms with Crippen molar-refractivity contribution in [3.63, 3.8) is 0 Å². The van der Waals surface area contributed by atoms with Crippen LogP contribution in [0.5, 0.6) is 28.7 Å². The average molecular weight is 751 g/mol. The molecule has 282 valence electrons. The molecule has 0 saturated carbocycles. The standard InChI is InChI=1S/C41H35FN2O11/c1-49-31-12-21(13-32(50-2)38(31)51-3)33-23-14-29-30(55-19-54-29)15-24(23)36(26-18-53-41(48)35(26)33)43-39(46)37(45)25-17-44(16-20-8-5-6-10-27(20)42)28-11-7-9-22(34(25)28)40(47)52-4/h5-15,17,26,33,35-36H,16,18-19H2,1-4H3,(H,43,46)/t26-,33+,35-,36+/m0/s1. The summed E-state index contributed by atoms with van der Waals surface area (Å²) < 4.78 is 55.4. The fourth-order valence-electron chi connectivity index (χ4n) is 8.10. The van der Waals surface area contributed by atoms with Gasteiger partial charge in [-0.15, -0.1) is 0 Å². The van der Waals surface area contributed by atoms with Crippen LogP contribution in [0.3, 0.4) is 0 Å². The zero-order chi connectivity index (χ0) is 38.5. The fourth-order valence-corrected chi connectivity index (χ4v) is 8.10. The van der Waals surface area contributed by atoms with E-state index in [0.29, 0.717) is 56.5 Å². The summed E-state index contributed by atoms with van der Waals surface area (Å²) in [5.41, 5.74) is 2.59. The minimum atomic E-state index is -0.998. The van der Waals surface area contributed by atoms with Crippen molar-refractivity contribution in [1.82, 2.24) is 9.88 Å². The minimum absolute atomic E-state index is 0.0113.